The molecule has 0 aliphatic carbocycles. The van der Waals surface area contributed by atoms with E-state index in [0.717, 1.165) is 0 Å². The molecule has 1 heterocycles. The van der Waals surface area contributed by atoms with Gasteiger partial charge in [-0.05, 0) is 19.9 Å². The second-order valence-corrected chi connectivity index (χ2v) is 3.96. The van der Waals surface area contributed by atoms with Crippen LogP contribution in [0.3, 0.4) is 0 Å². The highest BCUT2D eigenvalue weighted by molar-refractivity contribution is 6.00. The Hall–Kier alpha value is -1.85. The van der Waals surface area contributed by atoms with Crippen molar-refractivity contribution in [3.05, 3.63) is 18.5 Å². The van der Waals surface area contributed by atoms with E-state index in [4.69, 9.17) is 5.11 Å². The molecule has 88 valence electrons. The summed E-state index contributed by atoms with van der Waals surface area (Å²) < 4.78 is 1.66. The Morgan fingerprint density at radius 3 is 2.69 bits per heavy atom. The van der Waals surface area contributed by atoms with Gasteiger partial charge in [-0.1, -0.05) is 0 Å². The molecular weight excluding hydrogens is 210 g/mol. The van der Waals surface area contributed by atoms with E-state index in [1.807, 2.05) is 0 Å². The number of nitrogens with zero attached hydrogens (tertiary/aromatic N) is 2. The van der Waals surface area contributed by atoms with Crippen LogP contribution in [0.25, 0.3) is 0 Å². The molecule has 1 amide bonds. The van der Waals surface area contributed by atoms with E-state index in [0.29, 0.717) is 13.1 Å². The summed E-state index contributed by atoms with van der Waals surface area (Å²) in [6.45, 7) is 3.63. The van der Waals surface area contributed by atoms with Crippen LogP contribution in [0.2, 0.25) is 0 Å². The molecule has 1 aromatic heterocycles. The summed E-state index contributed by atoms with van der Waals surface area (Å²) in [5.41, 5.74) is -1.40. The third kappa shape index (κ3) is 2.82. The number of carboxylic acids is 1. The van der Waals surface area contributed by atoms with Crippen molar-refractivity contribution >= 4 is 11.9 Å². The molecule has 0 aliphatic rings. The van der Waals surface area contributed by atoms with Crippen molar-refractivity contribution in [2.24, 2.45) is 5.41 Å². The van der Waals surface area contributed by atoms with Gasteiger partial charge in [0.05, 0.1) is 6.54 Å². The van der Waals surface area contributed by atoms with E-state index in [1.54, 1.807) is 23.1 Å². The number of hydrogen-bond acceptors (Lipinski definition) is 3. The van der Waals surface area contributed by atoms with E-state index in [-0.39, 0.29) is 0 Å². The zero-order valence-corrected chi connectivity index (χ0v) is 9.30. The summed E-state index contributed by atoms with van der Waals surface area (Å²) >= 11 is 0. The summed E-state index contributed by atoms with van der Waals surface area (Å²) in [7, 11) is 0. The summed E-state index contributed by atoms with van der Waals surface area (Å²) in [5.74, 6) is -1.63. The lowest BCUT2D eigenvalue weighted by atomic mass is 9.93. The predicted molar refractivity (Wildman–Crippen MR) is 56.7 cm³/mol. The highest BCUT2D eigenvalue weighted by Crippen LogP contribution is 2.14. The predicted octanol–water partition coefficient (Wildman–Crippen LogP) is 0.110. The fourth-order valence-corrected chi connectivity index (χ4v) is 1.03. The standard InChI is InChI=1S/C10H15N3O3/c1-10(2,9(15)16)8(14)11-5-7-13-6-3-4-12-13/h3-4,6H,5,7H2,1-2H3,(H,11,14)(H,15,16). The fourth-order valence-electron chi connectivity index (χ4n) is 1.03. The number of carbonyl (C=O) groups is 2. The molecule has 0 spiro atoms. The van der Waals surface area contributed by atoms with Gasteiger partial charge < -0.3 is 10.4 Å². The number of aromatic nitrogens is 2. The minimum absolute atomic E-state index is 0.358. The lowest BCUT2D eigenvalue weighted by Gasteiger charge is -2.18. The number of rotatable bonds is 5. The van der Waals surface area contributed by atoms with Gasteiger partial charge >= 0.3 is 5.97 Å². The van der Waals surface area contributed by atoms with Crippen LogP contribution in [-0.4, -0.2) is 33.3 Å². The summed E-state index contributed by atoms with van der Waals surface area (Å²) in [5, 5.41) is 15.3. The van der Waals surface area contributed by atoms with Crippen molar-refractivity contribution in [2.45, 2.75) is 20.4 Å². The average molecular weight is 225 g/mol. The largest absolute Gasteiger partial charge is 0.480 e. The normalized spacial score (nSPS) is 11.1. The maximum Gasteiger partial charge on any atom is 0.318 e. The van der Waals surface area contributed by atoms with Crippen molar-refractivity contribution in [2.75, 3.05) is 6.54 Å². The maximum atomic E-state index is 11.5. The maximum absolute atomic E-state index is 11.5. The van der Waals surface area contributed by atoms with E-state index < -0.39 is 17.3 Å². The van der Waals surface area contributed by atoms with Gasteiger partial charge in [0, 0.05) is 18.9 Å². The van der Waals surface area contributed by atoms with E-state index in [2.05, 4.69) is 10.4 Å². The first-order valence-corrected chi connectivity index (χ1v) is 4.93. The molecule has 0 aliphatic heterocycles. The Bertz CT molecular complexity index is 371. The molecule has 0 atom stereocenters. The first kappa shape index (κ1) is 12.2. The number of hydrogen-bond donors (Lipinski definition) is 2. The average Bonchev–Trinajstić information content (AvgIpc) is 2.70. The van der Waals surface area contributed by atoms with Crippen LogP contribution >= 0.6 is 0 Å². The second-order valence-electron chi connectivity index (χ2n) is 3.96. The van der Waals surface area contributed by atoms with Crippen LogP contribution in [0.15, 0.2) is 18.5 Å². The van der Waals surface area contributed by atoms with Gasteiger partial charge in [0.1, 0.15) is 5.41 Å². The zero-order valence-electron chi connectivity index (χ0n) is 9.30. The van der Waals surface area contributed by atoms with Gasteiger partial charge in [0.2, 0.25) is 5.91 Å². The van der Waals surface area contributed by atoms with Crippen molar-refractivity contribution in [1.29, 1.82) is 0 Å². The summed E-state index contributed by atoms with van der Waals surface area (Å²) in [6, 6.07) is 1.78. The summed E-state index contributed by atoms with van der Waals surface area (Å²) in [6.07, 6.45) is 3.41. The molecule has 0 saturated carbocycles. The molecule has 6 heteroatoms. The first-order chi connectivity index (χ1) is 7.44. The van der Waals surface area contributed by atoms with Gasteiger partial charge in [-0.15, -0.1) is 0 Å². The second kappa shape index (κ2) is 4.78. The minimum atomic E-state index is -1.40. The van der Waals surface area contributed by atoms with Crippen molar-refractivity contribution in [1.82, 2.24) is 15.1 Å². The van der Waals surface area contributed by atoms with E-state index in [9.17, 15) is 9.59 Å². The van der Waals surface area contributed by atoms with Crippen LogP contribution in [-0.2, 0) is 16.1 Å². The Labute approximate surface area is 93.3 Å². The Balaban J connectivity index is 2.39. The van der Waals surface area contributed by atoms with E-state index >= 15 is 0 Å². The van der Waals surface area contributed by atoms with Crippen molar-refractivity contribution < 1.29 is 14.7 Å². The fraction of sp³-hybridized carbons (Fsp3) is 0.500. The first-order valence-electron chi connectivity index (χ1n) is 4.93. The molecule has 0 aromatic carbocycles. The van der Waals surface area contributed by atoms with Gasteiger partial charge in [-0.25, -0.2) is 0 Å². The molecule has 2 N–H and O–H groups in total. The molecule has 16 heavy (non-hydrogen) atoms. The van der Waals surface area contributed by atoms with Crippen LogP contribution in [0, 0.1) is 5.41 Å². The molecule has 0 radical (unpaired) electrons. The minimum Gasteiger partial charge on any atom is -0.480 e. The molecule has 0 unspecified atom stereocenters. The number of nitrogens with one attached hydrogen (secondary N) is 1. The smallest absolute Gasteiger partial charge is 0.318 e. The lowest BCUT2D eigenvalue weighted by Crippen LogP contribution is -2.43. The van der Waals surface area contributed by atoms with Crippen molar-refractivity contribution in [3.63, 3.8) is 0 Å². The number of amides is 1. The molecule has 0 saturated heterocycles. The highest BCUT2D eigenvalue weighted by Gasteiger charge is 2.35. The Morgan fingerprint density at radius 1 is 1.50 bits per heavy atom. The zero-order chi connectivity index (χ0) is 12.2. The molecule has 1 rings (SSSR count). The number of carboxylic acid groups (broad SMARTS) is 1. The SMILES string of the molecule is CC(C)(C(=O)O)C(=O)NCCn1cccn1. The molecule has 0 bridgehead atoms. The van der Waals surface area contributed by atoms with Gasteiger partial charge in [-0.2, -0.15) is 5.10 Å². The Kier molecular flexibility index (Phi) is 3.65. The van der Waals surface area contributed by atoms with Crippen molar-refractivity contribution in [3.8, 4) is 0 Å². The highest BCUT2D eigenvalue weighted by atomic mass is 16.4. The van der Waals surface area contributed by atoms with Gasteiger partial charge in [0.25, 0.3) is 0 Å². The third-order valence-electron chi connectivity index (χ3n) is 2.29. The lowest BCUT2D eigenvalue weighted by molar-refractivity contribution is -0.153. The monoisotopic (exact) mass is 225 g/mol. The van der Waals surface area contributed by atoms with Crippen LogP contribution in [0.4, 0.5) is 0 Å². The van der Waals surface area contributed by atoms with Gasteiger partial charge in [0.15, 0.2) is 0 Å². The van der Waals surface area contributed by atoms with Crippen LogP contribution in [0.1, 0.15) is 13.8 Å². The van der Waals surface area contributed by atoms with Gasteiger partial charge in [-0.3, -0.25) is 14.3 Å². The topological polar surface area (TPSA) is 84.2 Å². The molecule has 1 aromatic rings. The molecule has 6 nitrogen and oxygen atoms in total. The van der Waals surface area contributed by atoms with Crippen LogP contribution in [0.5, 0.6) is 0 Å². The van der Waals surface area contributed by atoms with E-state index in [1.165, 1.54) is 13.8 Å². The number of carbonyl (C=O) groups excluding carboxylic acids is 1. The summed E-state index contributed by atoms with van der Waals surface area (Å²) in [4.78, 5) is 22.3. The van der Waals surface area contributed by atoms with Crippen LogP contribution < -0.4 is 5.32 Å². The third-order valence-corrected chi connectivity index (χ3v) is 2.29. The number of aliphatic carboxylic acids is 1. The molecule has 0 fully saturated rings. The quantitative estimate of drug-likeness (QED) is 0.696. The Morgan fingerprint density at radius 2 is 2.19 bits per heavy atom. The molecular formula is C10H15N3O3.